The molecule has 0 spiro atoms. The molecule has 1 saturated carbocycles. The third kappa shape index (κ3) is 4.09. The van der Waals surface area contributed by atoms with Gasteiger partial charge in [0.1, 0.15) is 11.2 Å². The number of pyridine rings is 1. The molecule has 4 rings (SSSR count). The number of nitrogens with zero attached hydrogens (tertiary/aromatic N) is 2. The molecule has 2 aliphatic rings. The van der Waals surface area contributed by atoms with Gasteiger partial charge in [-0.2, -0.15) is 0 Å². The summed E-state index contributed by atoms with van der Waals surface area (Å²) in [5, 5.41) is 4.41. The number of hydrogen-bond acceptors (Lipinski definition) is 5. The van der Waals surface area contributed by atoms with Gasteiger partial charge in [-0.05, 0) is 52.5 Å². The quantitative estimate of drug-likeness (QED) is 0.748. The Bertz CT molecular complexity index is 939. The van der Waals surface area contributed by atoms with E-state index in [0.717, 1.165) is 36.8 Å². The third-order valence-corrected chi connectivity index (χ3v) is 5.80. The molecule has 1 aliphatic carbocycles. The Hall–Kier alpha value is -2.57. The Balaban J connectivity index is 1.54. The molecular formula is C22H30N4O3. The van der Waals surface area contributed by atoms with Gasteiger partial charge >= 0.3 is 6.09 Å². The van der Waals surface area contributed by atoms with Gasteiger partial charge in [0.15, 0.2) is 5.78 Å². The van der Waals surface area contributed by atoms with Crippen molar-refractivity contribution in [2.45, 2.75) is 65.0 Å². The molecule has 0 aromatic carbocycles. The first-order chi connectivity index (χ1) is 13.7. The van der Waals surface area contributed by atoms with Gasteiger partial charge in [0.25, 0.3) is 0 Å². The summed E-state index contributed by atoms with van der Waals surface area (Å²) in [4.78, 5) is 34.7. The molecule has 1 saturated heterocycles. The molecule has 3 heterocycles. The highest BCUT2D eigenvalue weighted by Gasteiger charge is 2.46. The lowest BCUT2D eigenvalue weighted by Gasteiger charge is -2.35. The lowest BCUT2D eigenvalue weighted by molar-refractivity contribution is 0.0206. The van der Waals surface area contributed by atoms with E-state index in [1.54, 1.807) is 17.3 Å². The number of carbonyl (C=O) groups excluding carboxylic acids is 2. The van der Waals surface area contributed by atoms with Gasteiger partial charge in [0.2, 0.25) is 0 Å². The highest BCUT2D eigenvalue weighted by molar-refractivity contribution is 6.14. The maximum atomic E-state index is 13.0. The smallest absolute Gasteiger partial charge is 0.410 e. The van der Waals surface area contributed by atoms with Crippen LogP contribution in [-0.2, 0) is 4.74 Å². The van der Waals surface area contributed by atoms with Crippen molar-refractivity contribution in [3.63, 3.8) is 0 Å². The van der Waals surface area contributed by atoms with Gasteiger partial charge in [0.05, 0.1) is 5.39 Å². The van der Waals surface area contributed by atoms with Crippen molar-refractivity contribution in [1.82, 2.24) is 14.9 Å². The summed E-state index contributed by atoms with van der Waals surface area (Å²) in [5.41, 5.74) is 1.56. The number of ketones is 1. The van der Waals surface area contributed by atoms with Crippen LogP contribution < -0.4 is 5.32 Å². The fourth-order valence-electron chi connectivity index (χ4n) is 3.90. The van der Waals surface area contributed by atoms with E-state index in [0.29, 0.717) is 24.3 Å². The zero-order chi connectivity index (χ0) is 20.8. The van der Waals surface area contributed by atoms with Crippen LogP contribution in [-0.4, -0.2) is 51.5 Å². The van der Waals surface area contributed by atoms with E-state index in [1.807, 2.05) is 33.8 Å². The van der Waals surface area contributed by atoms with Crippen molar-refractivity contribution < 1.29 is 14.3 Å². The molecule has 7 nitrogen and oxygen atoms in total. The molecule has 7 heteroatoms. The fraction of sp³-hybridized carbons (Fsp3) is 0.591. The van der Waals surface area contributed by atoms with E-state index in [1.165, 1.54) is 0 Å². The summed E-state index contributed by atoms with van der Waals surface area (Å²) in [5.74, 6) is 0.179. The number of H-pyrrole nitrogens is 1. The number of ether oxygens (including phenoxy) is 1. The predicted molar refractivity (Wildman–Crippen MR) is 112 cm³/mol. The van der Waals surface area contributed by atoms with Crippen LogP contribution in [0.2, 0.25) is 0 Å². The first-order valence-corrected chi connectivity index (χ1v) is 10.4. The molecule has 156 valence electrons. The Morgan fingerprint density at radius 2 is 2.10 bits per heavy atom. The molecule has 0 unspecified atom stereocenters. The van der Waals surface area contributed by atoms with Crippen LogP contribution in [0.25, 0.3) is 11.0 Å². The van der Waals surface area contributed by atoms with Gasteiger partial charge in [-0.3, -0.25) is 4.79 Å². The van der Waals surface area contributed by atoms with Crippen molar-refractivity contribution in [3.05, 3.63) is 24.0 Å². The van der Waals surface area contributed by atoms with E-state index in [4.69, 9.17) is 4.74 Å². The number of aromatic nitrogens is 2. The molecule has 29 heavy (non-hydrogen) atoms. The normalized spacial score (nSPS) is 21.1. The van der Waals surface area contributed by atoms with Crippen LogP contribution in [0, 0.1) is 5.41 Å². The van der Waals surface area contributed by atoms with Gasteiger partial charge in [-0.25, -0.2) is 9.78 Å². The molecule has 2 aromatic rings. The zero-order valence-corrected chi connectivity index (χ0v) is 17.7. The second-order valence-corrected chi connectivity index (χ2v) is 9.58. The van der Waals surface area contributed by atoms with Crippen molar-refractivity contribution >= 4 is 28.6 Å². The topological polar surface area (TPSA) is 87.3 Å². The van der Waals surface area contributed by atoms with Crippen LogP contribution in [0.5, 0.6) is 0 Å². The number of aromatic amines is 1. The first kappa shape index (κ1) is 19.7. The second kappa shape index (κ2) is 7.04. The molecular weight excluding hydrogens is 368 g/mol. The number of piperidine rings is 1. The summed E-state index contributed by atoms with van der Waals surface area (Å²) in [6.07, 6.45) is 6.98. The van der Waals surface area contributed by atoms with E-state index in [9.17, 15) is 9.59 Å². The van der Waals surface area contributed by atoms with E-state index in [2.05, 4.69) is 15.3 Å². The Morgan fingerprint density at radius 1 is 1.34 bits per heavy atom. The molecule has 2 fully saturated rings. The Labute approximate surface area is 171 Å². The molecule has 1 amide bonds. The largest absolute Gasteiger partial charge is 0.444 e. The van der Waals surface area contributed by atoms with Crippen LogP contribution in [0.3, 0.4) is 0 Å². The van der Waals surface area contributed by atoms with Crippen molar-refractivity contribution in [3.8, 4) is 0 Å². The first-order valence-electron chi connectivity index (χ1n) is 10.4. The summed E-state index contributed by atoms with van der Waals surface area (Å²) in [6, 6.07) is 2.01. The summed E-state index contributed by atoms with van der Waals surface area (Å²) in [6.45, 7) is 8.93. The average Bonchev–Trinajstić information content (AvgIpc) is 3.25. The number of amides is 1. The average molecular weight is 399 g/mol. The number of carbonyl (C=O) groups is 2. The minimum absolute atomic E-state index is 0.0937. The Morgan fingerprint density at radius 3 is 2.79 bits per heavy atom. The number of nitrogens with one attached hydrogen (secondary N) is 2. The number of hydrogen-bond donors (Lipinski definition) is 2. The maximum absolute atomic E-state index is 13.0. The van der Waals surface area contributed by atoms with Crippen LogP contribution in [0.1, 0.15) is 63.7 Å². The van der Waals surface area contributed by atoms with Crippen LogP contribution >= 0.6 is 0 Å². The number of anilines is 1. The van der Waals surface area contributed by atoms with Crippen LogP contribution in [0.15, 0.2) is 18.5 Å². The highest BCUT2D eigenvalue weighted by Crippen LogP contribution is 2.48. The second-order valence-electron chi connectivity index (χ2n) is 9.58. The standard InChI is InChI=1S/C22H30N4O3/c1-21(2,3)29-20(28)26-11-5-6-14(13-26)25-16-7-10-23-19-17(16)15(12-24-19)18(27)22(4)8-9-22/h7,10,12,14H,5-6,8-9,11,13H2,1-4H3,(H2,23,24,25)/t14-/m1/s1. The van der Waals surface area contributed by atoms with Crippen LogP contribution in [0.4, 0.5) is 10.5 Å². The van der Waals surface area contributed by atoms with E-state index >= 15 is 0 Å². The predicted octanol–water partition coefficient (Wildman–Crippen LogP) is 4.36. The van der Waals surface area contributed by atoms with E-state index < -0.39 is 5.60 Å². The summed E-state index contributed by atoms with van der Waals surface area (Å²) >= 11 is 0. The number of likely N-dealkylation sites (tertiary alicyclic amines) is 1. The van der Waals surface area contributed by atoms with Crippen molar-refractivity contribution in [2.75, 3.05) is 18.4 Å². The highest BCUT2D eigenvalue weighted by atomic mass is 16.6. The number of fused-ring (bicyclic) bond motifs is 1. The minimum Gasteiger partial charge on any atom is -0.444 e. The monoisotopic (exact) mass is 398 g/mol. The van der Waals surface area contributed by atoms with Gasteiger partial charge in [0, 0.05) is 48.2 Å². The zero-order valence-electron chi connectivity index (χ0n) is 17.7. The summed E-state index contributed by atoms with van der Waals surface area (Å²) < 4.78 is 5.53. The minimum atomic E-state index is -0.506. The van der Waals surface area contributed by atoms with Crippen molar-refractivity contribution in [1.29, 1.82) is 0 Å². The van der Waals surface area contributed by atoms with Gasteiger partial charge in [-0.15, -0.1) is 0 Å². The van der Waals surface area contributed by atoms with Crippen molar-refractivity contribution in [2.24, 2.45) is 5.41 Å². The van der Waals surface area contributed by atoms with E-state index in [-0.39, 0.29) is 23.3 Å². The molecule has 1 atom stereocenters. The molecule has 0 radical (unpaired) electrons. The molecule has 0 bridgehead atoms. The fourth-order valence-corrected chi connectivity index (χ4v) is 3.90. The number of rotatable bonds is 4. The van der Waals surface area contributed by atoms with Gasteiger partial charge < -0.3 is 19.9 Å². The lowest BCUT2D eigenvalue weighted by atomic mass is 9.96. The summed E-state index contributed by atoms with van der Waals surface area (Å²) in [7, 11) is 0. The van der Waals surface area contributed by atoms with Gasteiger partial charge in [-0.1, -0.05) is 6.92 Å². The molecule has 1 aliphatic heterocycles. The SMILES string of the molecule is CC(C)(C)OC(=O)N1CCC[C@@H](Nc2ccnc3[nH]cc(C(=O)C4(C)CC4)c23)C1. The third-order valence-electron chi connectivity index (χ3n) is 5.80. The molecule has 2 aromatic heterocycles. The lowest BCUT2D eigenvalue weighted by Crippen LogP contribution is -2.47. The molecule has 2 N–H and O–H groups in total. The Kier molecular flexibility index (Phi) is 4.79. The maximum Gasteiger partial charge on any atom is 0.410 e. The number of Topliss-reactive ketones (excluding diaryl/α,β-unsaturated/α-hetero) is 1.